The smallest absolute Gasteiger partial charge is 0.326 e. The fourth-order valence-corrected chi connectivity index (χ4v) is 7.63. The first-order chi connectivity index (χ1) is 15.3. The Balaban J connectivity index is 1.73. The third-order valence-corrected chi connectivity index (χ3v) is 9.51. The zero-order valence-electron chi connectivity index (χ0n) is 17.7. The topological polar surface area (TPSA) is 98.0 Å². The molecule has 1 amide bonds. The van der Waals surface area contributed by atoms with E-state index < -0.39 is 27.9 Å². The molecule has 3 aromatic rings. The lowest BCUT2D eigenvalue weighted by Crippen LogP contribution is -2.40. The summed E-state index contributed by atoms with van der Waals surface area (Å²) >= 11 is 2.42. The fraction of sp³-hybridized carbons (Fsp3) is 0.381. The second-order valence-electron chi connectivity index (χ2n) is 7.40. The molecule has 11 heteroatoms. The van der Waals surface area contributed by atoms with Gasteiger partial charge in [-0.1, -0.05) is 23.5 Å². The molecule has 1 aliphatic heterocycles. The minimum atomic E-state index is -3.76. The predicted octanol–water partition coefficient (Wildman–Crippen LogP) is 2.92. The Morgan fingerprint density at radius 2 is 2.09 bits per heavy atom. The Hall–Kier alpha value is -2.34. The van der Waals surface area contributed by atoms with Gasteiger partial charge in [0.15, 0.2) is 4.80 Å². The van der Waals surface area contributed by atoms with E-state index in [1.165, 1.54) is 15.6 Å². The number of fused-ring (bicyclic) bond motifs is 1. The van der Waals surface area contributed by atoms with Crippen molar-refractivity contribution in [3.63, 3.8) is 0 Å². The number of hydrogen-bond donors (Lipinski definition) is 0. The molecule has 4 rings (SSSR count). The van der Waals surface area contributed by atoms with E-state index in [1.807, 2.05) is 25.1 Å². The van der Waals surface area contributed by atoms with Crippen molar-refractivity contribution >= 4 is 54.8 Å². The van der Waals surface area contributed by atoms with Gasteiger partial charge in [0.05, 0.1) is 16.8 Å². The number of nitrogens with zero attached hydrogens (tertiary/aromatic N) is 3. The van der Waals surface area contributed by atoms with Crippen LogP contribution in [0.15, 0.2) is 44.9 Å². The lowest BCUT2D eigenvalue weighted by molar-refractivity contribution is -0.143. The third kappa shape index (κ3) is 4.42. The van der Waals surface area contributed by atoms with E-state index in [0.717, 1.165) is 27.1 Å². The van der Waals surface area contributed by atoms with Crippen molar-refractivity contribution in [3.8, 4) is 0 Å². The molecular weight excluding hydrogens is 470 g/mol. The molecule has 0 aliphatic carbocycles. The van der Waals surface area contributed by atoms with Crippen LogP contribution in [0.25, 0.3) is 10.2 Å². The molecule has 0 saturated carbocycles. The number of sulfonamides is 1. The van der Waals surface area contributed by atoms with Crippen LogP contribution in [-0.2, 0) is 30.9 Å². The van der Waals surface area contributed by atoms with Crippen molar-refractivity contribution in [2.24, 2.45) is 4.99 Å². The van der Waals surface area contributed by atoms with Gasteiger partial charge in [0.25, 0.3) is 15.9 Å². The van der Waals surface area contributed by atoms with Gasteiger partial charge in [-0.3, -0.25) is 9.59 Å². The van der Waals surface area contributed by atoms with E-state index in [9.17, 15) is 18.0 Å². The van der Waals surface area contributed by atoms with Crippen LogP contribution < -0.4 is 4.80 Å². The summed E-state index contributed by atoms with van der Waals surface area (Å²) in [4.78, 5) is 30.0. The summed E-state index contributed by atoms with van der Waals surface area (Å²) in [7, 11) is -3.76. The van der Waals surface area contributed by atoms with E-state index in [0.29, 0.717) is 17.6 Å². The number of aryl methyl sites for hydroxylation is 1. The number of carbonyl (C=O) groups excluding carboxylic acids is 2. The lowest BCUT2D eigenvalue weighted by atomic mass is 10.2. The maximum atomic E-state index is 13.2. The second kappa shape index (κ2) is 9.26. The zero-order chi connectivity index (χ0) is 22.9. The first-order valence-corrected chi connectivity index (χ1v) is 13.3. The summed E-state index contributed by atoms with van der Waals surface area (Å²) in [5, 5.41) is 1.70. The summed E-state index contributed by atoms with van der Waals surface area (Å²) in [5.41, 5.74) is 1.82. The van der Waals surface area contributed by atoms with Crippen molar-refractivity contribution in [3.05, 3.63) is 46.1 Å². The highest BCUT2D eigenvalue weighted by molar-refractivity contribution is 7.91. The summed E-state index contributed by atoms with van der Waals surface area (Å²) in [6, 6.07) is 8.13. The van der Waals surface area contributed by atoms with Crippen LogP contribution >= 0.6 is 22.7 Å². The highest BCUT2D eigenvalue weighted by Crippen LogP contribution is 2.29. The molecule has 1 fully saturated rings. The van der Waals surface area contributed by atoms with Crippen LogP contribution in [0.3, 0.4) is 0 Å². The van der Waals surface area contributed by atoms with Crippen molar-refractivity contribution in [1.82, 2.24) is 8.87 Å². The SMILES string of the molecule is CCOC(=O)Cn1c(=NC(=O)C2CCCN2S(=O)(=O)c2cccs2)sc2cc(C)ccc21. The van der Waals surface area contributed by atoms with Gasteiger partial charge in [0.1, 0.15) is 16.8 Å². The van der Waals surface area contributed by atoms with Gasteiger partial charge < -0.3 is 9.30 Å². The van der Waals surface area contributed by atoms with E-state index >= 15 is 0 Å². The number of ether oxygens (including phenoxy) is 1. The Morgan fingerprint density at radius 1 is 1.28 bits per heavy atom. The van der Waals surface area contributed by atoms with Crippen LogP contribution in [0.2, 0.25) is 0 Å². The summed E-state index contributed by atoms with van der Waals surface area (Å²) in [6.45, 7) is 4.15. The quantitative estimate of drug-likeness (QED) is 0.492. The Morgan fingerprint density at radius 3 is 2.81 bits per heavy atom. The number of thiazole rings is 1. The van der Waals surface area contributed by atoms with E-state index in [4.69, 9.17) is 4.74 Å². The number of carbonyl (C=O) groups is 2. The lowest BCUT2D eigenvalue weighted by Gasteiger charge is -2.20. The number of hydrogen-bond acceptors (Lipinski definition) is 7. The molecule has 0 radical (unpaired) electrons. The van der Waals surface area contributed by atoms with Gasteiger partial charge in [-0.2, -0.15) is 9.30 Å². The molecular formula is C21H23N3O5S3. The minimum Gasteiger partial charge on any atom is -0.465 e. The fourth-order valence-electron chi connectivity index (χ4n) is 3.72. The first kappa shape index (κ1) is 22.8. The molecule has 32 heavy (non-hydrogen) atoms. The van der Waals surface area contributed by atoms with Gasteiger partial charge in [-0.05, 0) is 55.8 Å². The summed E-state index contributed by atoms with van der Waals surface area (Å²) in [5.74, 6) is -0.951. The number of benzene rings is 1. The van der Waals surface area contributed by atoms with Crippen LogP contribution in [0.1, 0.15) is 25.3 Å². The molecule has 8 nitrogen and oxygen atoms in total. The standard InChI is InChI=1S/C21H23N3O5S3/c1-3-29-18(25)13-23-15-9-8-14(2)12-17(15)31-21(23)22-20(26)16-6-4-10-24(16)32(27,28)19-7-5-11-30-19/h5,7-9,11-12,16H,3-4,6,10,13H2,1-2H3. The average Bonchev–Trinajstić information content (AvgIpc) is 3.49. The zero-order valence-corrected chi connectivity index (χ0v) is 20.1. The molecule has 2 aromatic heterocycles. The van der Waals surface area contributed by atoms with Crippen molar-refractivity contribution in [1.29, 1.82) is 0 Å². The highest BCUT2D eigenvalue weighted by Gasteiger charge is 2.40. The molecule has 0 bridgehead atoms. The largest absolute Gasteiger partial charge is 0.465 e. The summed E-state index contributed by atoms with van der Waals surface area (Å²) in [6.07, 6.45) is 1.000. The molecule has 1 saturated heterocycles. The molecule has 3 heterocycles. The average molecular weight is 494 g/mol. The Labute approximate surface area is 193 Å². The minimum absolute atomic E-state index is 0.0785. The molecule has 0 N–H and O–H groups in total. The molecule has 1 aliphatic rings. The van der Waals surface area contributed by atoms with Crippen molar-refractivity contribution < 1.29 is 22.7 Å². The molecule has 0 spiro atoms. The molecule has 1 unspecified atom stereocenters. The molecule has 1 atom stereocenters. The van der Waals surface area contributed by atoms with Crippen LogP contribution in [0.5, 0.6) is 0 Å². The monoisotopic (exact) mass is 493 g/mol. The maximum absolute atomic E-state index is 13.2. The Bertz CT molecular complexity index is 1320. The van der Waals surface area contributed by atoms with E-state index in [-0.39, 0.29) is 23.9 Å². The van der Waals surface area contributed by atoms with Crippen LogP contribution in [0, 0.1) is 6.92 Å². The second-order valence-corrected chi connectivity index (χ2v) is 11.5. The normalized spacial score (nSPS) is 17.8. The number of amides is 1. The number of aromatic nitrogens is 1. The van der Waals surface area contributed by atoms with Gasteiger partial charge in [0, 0.05) is 6.54 Å². The van der Waals surface area contributed by atoms with E-state index in [1.54, 1.807) is 29.0 Å². The number of esters is 1. The van der Waals surface area contributed by atoms with Gasteiger partial charge in [-0.15, -0.1) is 11.3 Å². The number of rotatable bonds is 6. The number of thiophene rings is 1. The Kier molecular flexibility index (Phi) is 6.61. The van der Waals surface area contributed by atoms with Gasteiger partial charge in [0.2, 0.25) is 0 Å². The maximum Gasteiger partial charge on any atom is 0.326 e. The predicted molar refractivity (Wildman–Crippen MR) is 123 cm³/mol. The van der Waals surface area contributed by atoms with Gasteiger partial charge in [-0.25, -0.2) is 8.42 Å². The third-order valence-electron chi connectivity index (χ3n) is 5.18. The molecule has 1 aromatic carbocycles. The van der Waals surface area contributed by atoms with Crippen LogP contribution in [-0.4, -0.2) is 48.4 Å². The van der Waals surface area contributed by atoms with Crippen molar-refractivity contribution in [2.45, 2.75) is 43.5 Å². The van der Waals surface area contributed by atoms with E-state index in [2.05, 4.69) is 4.99 Å². The van der Waals surface area contributed by atoms with Crippen molar-refractivity contribution in [2.75, 3.05) is 13.2 Å². The molecule has 170 valence electrons. The van der Waals surface area contributed by atoms with Gasteiger partial charge >= 0.3 is 5.97 Å². The summed E-state index contributed by atoms with van der Waals surface area (Å²) < 4.78 is 35.1. The van der Waals surface area contributed by atoms with Crippen LogP contribution in [0.4, 0.5) is 0 Å². The highest BCUT2D eigenvalue weighted by atomic mass is 32.2. The first-order valence-electron chi connectivity index (χ1n) is 10.2.